The van der Waals surface area contributed by atoms with E-state index in [-0.39, 0.29) is 12.5 Å². The lowest BCUT2D eigenvalue weighted by Gasteiger charge is -2.14. The van der Waals surface area contributed by atoms with Gasteiger partial charge in [0.2, 0.25) is 0 Å². The molecule has 0 aliphatic carbocycles. The second-order valence-corrected chi connectivity index (χ2v) is 7.07. The summed E-state index contributed by atoms with van der Waals surface area (Å²) in [6.07, 6.45) is 1.08. The zero-order valence-corrected chi connectivity index (χ0v) is 17.4. The Kier molecular flexibility index (Phi) is 7.81. The maximum atomic E-state index is 11.9. The van der Waals surface area contributed by atoms with Crippen LogP contribution in [0.1, 0.15) is 25.0 Å². The molecule has 1 aromatic carbocycles. The minimum Gasteiger partial charge on any atom is -0.465 e. The Morgan fingerprint density at radius 2 is 2.04 bits per heavy atom. The first-order chi connectivity index (χ1) is 11.2. The predicted octanol–water partition coefficient (Wildman–Crippen LogP) is 4.46. The third kappa shape index (κ3) is 5.17. The quantitative estimate of drug-likeness (QED) is 0.284. The Morgan fingerprint density at radius 1 is 1.30 bits per heavy atom. The summed E-state index contributed by atoms with van der Waals surface area (Å²) in [5.41, 5.74) is 3.09. The number of benzene rings is 1. The predicted molar refractivity (Wildman–Crippen MR) is 109 cm³/mol. The first kappa shape index (κ1) is 18.7. The van der Waals surface area contributed by atoms with E-state index in [0.29, 0.717) is 12.5 Å². The van der Waals surface area contributed by atoms with Gasteiger partial charge in [0.15, 0.2) is 0 Å². The number of esters is 1. The van der Waals surface area contributed by atoms with Gasteiger partial charge in [0.05, 0.1) is 12.3 Å². The molecule has 2 rings (SSSR count). The topological polar surface area (TPSA) is 44.1 Å². The summed E-state index contributed by atoms with van der Waals surface area (Å²) in [5.74, 6) is 0.157. The van der Waals surface area contributed by atoms with Crippen LogP contribution < -0.4 is 0 Å². The van der Waals surface area contributed by atoms with Crippen molar-refractivity contribution in [3.8, 4) is 11.3 Å². The number of hydrogen-bond acceptors (Lipinski definition) is 3. The van der Waals surface area contributed by atoms with Crippen molar-refractivity contribution in [2.24, 2.45) is 0 Å². The van der Waals surface area contributed by atoms with Crippen LogP contribution in [0.4, 0.5) is 0 Å². The van der Waals surface area contributed by atoms with Crippen molar-refractivity contribution in [1.82, 2.24) is 9.78 Å². The molecule has 1 unspecified atom stereocenters. The highest BCUT2D eigenvalue weighted by molar-refractivity contribution is 14.1. The maximum absolute atomic E-state index is 11.9. The second-order valence-electron chi connectivity index (χ2n) is 5.11. The summed E-state index contributed by atoms with van der Waals surface area (Å²) >= 11 is 4.80. The van der Waals surface area contributed by atoms with Gasteiger partial charge in [-0.25, -0.2) is 0 Å². The number of aromatic nitrogens is 2. The number of halogens is 2. The van der Waals surface area contributed by atoms with Crippen LogP contribution in [0.15, 0.2) is 36.4 Å². The van der Waals surface area contributed by atoms with E-state index < -0.39 is 0 Å². The van der Waals surface area contributed by atoms with Crippen LogP contribution in [-0.2, 0) is 16.1 Å². The monoisotopic (exact) mass is 538 g/mol. The molecule has 0 saturated heterocycles. The van der Waals surface area contributed by atoms with E-state index in [0.717, 1.165) is 32.2 Å². The first-order valence-corrected chi connectivity index (χ1v) is 10.6. The Balaban J connectivity index is 2.36. The van der Waals surface area contributed by atoms with E-state index in [4.69, 9.17) is 4.74 Å². The Bertz CT molecular complexity index is 629. The zero-order chi connectivity index (χ0) is 16.7. The number of carbonyl (C=O) groups excluding carboxylic acids is 1. The van der Waals surface area contributed by atoms with Crippen LogP contribution >= 0.6 is 45.2 Å². The van der Waals surface area contributed by atoms with Gasteiger partial charge in [0.1, 0.15) is 6.54 Å². The van der Waals surface area contributed by atoms with E-state index >= 15 is 0 Å². The smallest absolute Gasteiger partial charge is 0.327 e. The van der Waals surface area contributed by atoms with E-state index in [1.54, 1.807) is 0 Å². The molecule has 0 N–H and O–H groups in total. The molecule has 4 nitrogen and oxygen atoms in total. The Hall–Kier alpha value is -0.640. The van der Waals surface area contributed by atoms with Crippen LogP contribution in [0.3, 0.4) is 0 Å². The lowest BCUT2D eigenvalue weighted by atomic mass is 10.0. The third-order valence-corrected chi connectivity index (χ3v) is 5.21. The van der Waals surface area contributed by atoms with Crippen LogP contribution in [0.25, 0.3) is 11.3 Å². The molecule has 1 heterocycles. The van der Waals surface area contributed by atoms with Gasteiger partial charge in [0.25, 0.3) is 0 Å². The van der Waals surface area contributed by atoms with Gasteiger partial charge in [-0.2, -0.15) is 5.10 Å². The number of rotatable bonds is 8. The molecule has 2 aromatic rings. The largest absolute Gasteiger partial charge is 0.465 e. The van der Waals surface area contributed by atoms with Crippen LogP contribution in [0.2, 0.25) is 0 Å². The molecule has 0 aliphatic rings. The van der Waals surface area contributed by atoms with E-state index in [2.05, 4.69) is 56.3 Å². The van der Waals surface area contributed by atoms with E-state index in [1.807, 2.05) is 41.9 Å². The number of nitrogens with zero attached hydrogens (tertiary/aromatic N) is 2. The van der Waals surface area contributed by atoms with E-state index in [1.165, 1.54) is 0 Å². The molecule has 0 amide bonds. The van der Waals surface area contributed by atoms with Gasteiger partial charge in [-0.05, 0) is 19.4 Å². The fraction of sp³-hybridized carbons (Fsp3) is 0.412. The van der Waals surface area contributed by atoms with Gasteiger partial charge < -0.3 is 4.74 Å². The molecule has 23 heavy (non-hydrogen) atoms. The van der Waals surface area contributed by atoms with Gasteiger partial charge in [-0.15, -0.1) is 0 Å². The molecular weight excluding hydrogens is 518 g/mol. The first-order valence-electron chi connectivity index (χ1n) is 7.60. The highest BCUT2D eigenvalue weighted by Gasteiger charge is 2.19. The summed E-state index contributed by atoms with van der Waals surface area (Å²) in [6, 6.07) is 12.2. The highest BCUT2D eigenvalue weighted by atomic mass is 127. The van der Waals surface area contributed by atoms with Crippen molar-refractivity contribution in [2.45, 2.75) is 25.8 Å². The maximum Gasteiger partial charge on any atom is 0.327 e. The fourth-order valence-corrected chi connectivity index (χ4v) is 4.04. The van der Waals surface area contributed by atoms with Crippen molar-refractivity contribution in [2.75, 3.05) is 15.5 Å². The van der Waals surface area contributed by atoms with Crippen LogP contribution in [0.5, 0.6) is 0 Å². The average molecular weight is 538 g/mol. The number of hydrogen-bond donors (Lipinski definition) is 0. The van der Waals surface area contributed by atoms with E-state index in [9.17, 15) is 4.79 Å². The SMILES string of the molecule is CCOC(=O)Cn1nc(-c2ccccc2)cc1C(CI)CCI. The normalized spacial score (nSPS) is 12.1. The van der Waals surface area contributed by atoms with Gasteiger partial charge in [-0.1, -0.05) is 75.5 Å². The van der Waals surface area contributed by atoms with Gasteiger partial charge in [0, 0.05) is 26.0 Å². The summed E-state index contributed by atoms with van der Waals surface area (Å²) in [7, 11) is 0. The summed E-state index contributed by atoms with van der Waals surface area (Å²) in [4.78, 5) is 11.9. The Labute approximate surface area is 164 Å². The number of carbonyl (C=O) groups is 1. The summed E-state index contributed by atoms with van der Waals surface area (Å²) in [6.45, 7) is 2.38. The minimum atomic E-state index is -0.238. The molecule has 6 heteroatoms. The molecule has 0 aliphatic heterocycles. The second kappa shape index (κ2) is 9.61. The fourth-order valence-electron chi connectivity index (χ4n) is 2.40. The molecule has 0 spiro atoms. The molecule has 1 aromatic heterocycles. The van der Waals surface area contributed by atoms with Crippen molar-refractivity contribution >= 4 is 51.2 Å². The zero-order valence-electron chi connectivity index (χ0n) is 13.0. The average Bonchev–Trinajstić information content (AvgIpc) is 2.97. The third-order valence-electron chi connectivity index (χ3n) is 3.53. The highest BCUT2D eigenvalue weighted by Crippen LogP contribution is 2.28. The Morgan fingerprint density at radius 3 is 2.65 bits per heavy atom. The molecule has 1 atom stereocenters. The van der Waals surface area contributed by atoms with Gasteiger partial charge in [-0.3, -0.25) is 9.48 Å². The van der Waals surface area contributed by atoms with Crippen molar-refractivity contribution in [3.05, 3.63) is 42.1 Å². The molecule has 0 bridgehead atoms. The summed E-state index contributed by atoms with van der Waals surface area (Å²) < 4.78 is 8.98. The number of alkyl halides is 2. The lowest BCUT2D eigenvalue weighted by Crippen LogP contribution is -2.18. The molecule has 0 fully saturated rings. The number of ether oxygens (including phenoxy) is 1. The van der Waals surface area contributed by atoms with Gasteiger partial charge >= 0.3 is 5.97 Å². The summed E-state index contributed by atoms with van der Waals surface area (Å²) in [5, 5.41) is 4.66. The van der Waals surface area contributed by atoms with Crippen molar-refractivity contribution in [1.29, 1.82) is 0 Å². The van der Waals surface area contributed by atoms with Crippen LogP contribution in [0, 0.1) is 0 Å². The van der Waals surface area contributed by atoms with Crippen LogP contribution in [-0.4, -0.2) is 31.2 Å². The molecule has 124 valence electrons. The minimum absolute atomic E-state index is 0.171. The van der Waals surface area contributed by atoms with Crippen molar-refractivity contribution in [3.63, 3.8) is 0 Å². The molecule has 0 radical (unpaired) electrons. The standard InChI is InChI=1S/C17H20I2N2O2/c1-2-23-17(22)12-21-16(14(11-19)8-9-18)10-15(20-21)13-6-4-3-5-7-13/h3-7,10,14H,2,8-9,11-12H2,1H3. The molecular formula is C17H20I2N2O2. The molecule has 0 saturated carbocycles. The lowest BCUT2D eigenvalue weighted by molar-refractivity contribution is -0.144. The van der Waals surface area contributed by atoms with Crippen molar-refractivity contribution < 1.29 is 9.53 Å².